The monoisotopic (exact) mass is 236 g/mol. The second-order valence-corrected chi connectivity index (χ2v) is 4.48. The molecule has 4 nitrogen and oxygen atoms in total. The van der Waals surface area contributed by atoms with E-state index in [1.807, 2.05) is 12.3 Å². The first kappa shape index (κ1) is 12.2. The van der Waals surface area contributed by atoms with Crippen LogP contribution >= 0.6 is 0 Å². The largest absolute Gasteiger partial charge is 0.491 e. The van der Waals surface area contributed by atoms with Crippen molar-refractivity contribution in [2.45, 2.75) is 25.8 Å². The average molecular weight is 236 g/mol. The van der Waals surface area contributed by atoms with Crippen molar-refractivity contribution in [2.75, 3.05) is 26.7 Å². The highest BCUT2D eigenvalue weighted by atomic mass is 16.5. The Labute approximate surface area is 102 Å². The van der Waals surface area contributed by atoms with Crippen LogP contribution in [0.25, 0.3) is 0 Å². The minimum absolute atomic E-state index is 0.0352. The lowest BCUT2D eigenvalue weighted by Gasteiger charge is -2.26. The summed E-state index contributed by atoms with van der Waals surface area (Å²) in [6.45, 7) is 4.03. The minimum Gasteiger partial charge on any atom is -0.491 e. The number of rotatable bonds is 4. The first-order valence-electron chi connectivity index (χ1n) is 6.27. The van der Waals surface area contributed by atoms with Crippen LogP contribution in [-0.2, 0) is 6.54 Å². The molecule has 0 atom stereocenters. The van der Waals surface area contributed by atoms with E-state index in [2.05, 4.69) is 4.90 Å². The number of aromatic nitrogens is 1. The topological polar surface area (TPSA) is 34.5 Å². The van der Waals surface area contributed by atoms with E-state index >= 15 is 0 Å². The van der Waals surface area contributed by atoms with Gasteiger partial charge in [0.15, 0.2) is 5.75 Å². The second-order valence-electron chi connectivity index (χ2n) is 4.48. The van der Waals surface area contributed by atoms with Crippen molar-refractivity contribution in [3.8, 4) is 5.75 Å². The van der Waals surface area contributed by atoms with Crippen molar-refractivity contribution in [3.63, 3.8) is 0 Å². The van der Waals surface area contributed by atoms with Crippen LogP contribution in [0.3, 0.4) is 0 Å². The molecule has 0 spiro atoms. The van der Waals surface area contributed by atoms with Crippen LogP contribution in [-0.4, -0.2) is 36.2 Å². The van der Waals surface area contributed by atoms with Gasteiger partial charge in [0.2, 0.25) is 0 Å². The first-order valence-corrected chi connectivity index (χ1v) is 6.27. The molecule has 1 aliphatic heterocycles. The summed E-state index contributed by atoms with van der Waals surface area (Å²) in [5, 5.41) is 0. The summed E-state index contributed by atoms with van der Waals surface area (Å²) in [4.78, 5) is 14.3. The number of hydrogen-bond donors (Lipinski definition) is 0. The Morgan fingerprint density at radius 1 is 1.24 bits per heavy atom. The zero-order chi connectivity index (χ0) is 12.1. The number of pyridine rings is 1. The maximum Gasteiger partial charge on any atom is 0.292 e. The van der Waals surface area contributed by atoms with Gasteiger partial charge in [-0.25, -0.2) is 0 Å². The van der Waals surface area contributed by atoms with Gasteiger partial charge >= 0.3 is 0 Å². The molecule has 0 aliphatic carbocycles. The van der Waals surface area contributed by atoms with Crippen molar-refractivity contribution in [3.05, 3.63) is 28.7 Å². The molecule has 0 N–H and O–H groups in total. The average Bonchev–Trinajstić information content (AvgIpc) is 2.39. The molecule has 0 radical (unpaired) electrons. The Morgan fingerprint density at radius 3 is 2.71 bits per heavy atom. The summed E-state index contributed by atoms with van der Waals surface area (Å²) in [5.41, 5.74) is -0.0352. The molecule has 1 aromatic rings. The summed E-state index contributed by atoms with van der Waals surface area (Å²) in [6.07, 6.45) is 5.74. The van der Waals surface area contributed by atoms with Crippen LogP contribution < -0.4 is 10.3 Å². The van der Waals surface area contributed by atoms with Crippen LogP contribution in [0.4, 0.5) is 0 Å². The first-order chi connectivity index (χ1) is 8.31. The highest BCUT2D eigenvalue weighted by molar-refractivity contribution is 5.16. The fourth-order valence-corrected chi connectivity index (χ4v) is 2.28. The van der Waals surface area contributed by atoms with Gasteiger partial charge in [0, 0.05) is 19.3 Å². The van der Waals surface area contributed by atoms with Crippen molar-refractivity contribution >= 4 is 0 Å². The Bertz CT molecular complexity index is 408. The van der Waals surface area contributed by atoms with Gasteiger partial charge in [-0.05, 0) is 38.1 Å². The van der Waals surface area contributed by atoms with Crippen LogP contribution in [0.15, 0.2) is 23.1 Å². The molecule has 1 fully saturated rings. The van der Waals surface area contributed by atoms with Gasteiger partial charge < -0.3 is 14.2 Å². The van der Waals surface area contributed by atoms with Crippen molar-refractivity contribution in [1.82, 2.24) is 9.47 Å². The third-order valence-corrected chi connectivity index (χ3v) is 3.31. The SMILES string of the molecule is COc1cccn(CCN2CCCCC2)c1=O. The molecular weight excluding hydrogens is 216 g/mol. The van der Waals surface area contributed by atoms with Crippen LogP contribution in [0.1, 0.15) is 19.3 Å². The minimum atomic E-state index is -0.0352. The number of nitrogens with zero attached hydrogens (tertiary/aromatic N) is 2. The lowest BCUT2D eigenvalue weighted by Crippen LogP contribution is -2.34. The summed E-state index contributed by atoms with van der Waals surface area (Å²) in [5.74, 6) is 0.422. The molecule has 0 unspecified atom stereocenters. The standard InChI is InChI=1S/C13H20N2O2/c1-17-12-6-5-9-15(13(12)16)11-10-14-7-3-2-4-8-14/h5-6,9H,2-4,7-8,10-11H2,1H3. The molecular formula is C13H20N2O2. The fraction of sp³-hybridized carbons (Fsp3) is 0.615. The number of piperidine rings is 1. The van der Waals surface area contributed by atoms with Crippen LogP contribution in [0.2, 0.25) is 0 Å². The van der Waals surface area contributed by atoms with Crippen LogP contribution in [0, 0.1) is 0 Å². The third kappa shape index (κ3) is 3.09. The van der Waals surface area contributed by atoms with Crippen molar-refractivity contribution < 1.29 is 4.74 Å². The van der Waals surface area contributed by atoms with Gasteiger partial charge in [-0.15, -0.1) is 0 Å². The van der Waals surface area contributed by atoms with Crippen molar-refractivity contribution in [2.24, 2.45) is 0 Å². The summed E-state index contributed by atoms with van der Waals surface area (Å²) >= 11 is 0. The van der Waals surface area contributed by atoms with E-state index in [1.165, 1.54) is 39.5 Å². The van der Waals surface area contributed by atoms with Crippen LogP contribution in [0.5, 0.6) is 5.75 Å². The van der Waals surface area contributed by atoms with E-state index in [4.69, 9.17) is 4.74 Å². The maximum absolute atomic E-state index is 11.9. The number of ether oxygens (including phenoxy) is 1. The maximum atomic E-state index is 11.9. The normalized spacial score (nSPS) is 17.0. The quantitative estimate of drug-likeness (QED) is 0.791. The molecule has 1 aromatic heterocycles. The molecule has 1 saturated heterocycles. The van der Waals surface area contributed by atoms with E-state index in [9.17, 15) is 4.79 Å². The molecule has 2 heterocycles. The number of hydrogen-bond acceptors (Lipinski definition) is 3. The second kappa shape index (κ2) is 5.87. The van der Waals surface area contributed by atoms with Gasteiger partial charge in [0.1, 0.15) is 0 Å². The number of methoxy groups -OCH3 is 1. The molecule has 4 heteroatoms. The van der Waals surface area contributed by atoms with E-state index in [0.717, 1.165) is 13.1 Å². The van der Waals surface area contributed by atoms with Gasteiger partial charge in [-0.1, -0.05) is 6.42 Å². The predicted octanol–water partition coefficient (Wildman–Crippen LogP) is 1.34. The Kier molecular flexibility index (Phi) is 4.20. The van der Waals surface area contributed by atoms with Gasteiger partial charge in [-0.2, -0.15) is 0 Å². The highest BCUT2D eigenvalue weighted by Gasteiger charge is 2.10. The van der Waals surface area contributed by atoms with E-state index in [0.29, 0.717) is 5.75 Å². The van der Waals surface area contributed by atoms with Crippen molar-refractivity contribution in [1.29, 1.82) is 0 Å². The molecule has 0 saturated carbocycles. The van der Waals surface area contributed by atoms with E-state index < -0.39 is 0 Å². The zero-order valence-electron chi connectivity index (χ0n) is 10.4. The number of likely N-dealkylation sites (tertiary alicyclic amines) is 1. The Hall–Kier alpha value is -1.29. The Balaban J connectivity index is 1.96. The van der Waals surface area contributed by atoms with Gasteiger partial charge in [-0.3, -0.25) is 4.79 Å². The molecule has 1 aliphatic rings. The highest BCUT2D eigenvalue weighted by Crippen LogP contribution is 2.08. The lowest BCUT2D eigenvalue weighted by atomic mass is 10.1. The summed E-state index contributed by atoms with van der Waals surface area (Å²) in [6, 6.07) is 3.57. The molecule has 0 aromatic carbocycles. The smallest absolute Gasteiger partial charge is 0.292 e. The van der Waals surface area contributed by atoms with E-state index in [-0.39, 0.29) is 5.56 Å². The molecule has 17 heavy (non-hydrogen) atoms. The molecule has 2 rings (SSSR count). The van der Waals surface area contributed by atoms with Gasteiger partial charge in [0.05, 0.1) is 7.11 Å². The predicted molar refractivity (Wildman–Crippen MR) is 67.5 cm³/mol. The molecule has 94 valence electrons. The third-order valence-electron chi connectivity index (χ3n) is 3.31. The van der Waals surface area contributed by atoms with Gasteiger partial charge in [0.25, 0.3) is 5.56 Å². The Morgan fingerprint density at radius 2 is 2.00 bits per heavy atom. The molecule has 0 amide bonds. The zero-order valence-corrected chi connectivity index (χ0v) is 10.4. The fourth-order valence-electron chi connectivity index (χ4n) is 2.28. The summed E-state index contributed by atoms with van der Waals surface area (Å²) in [7, 11) is 1.53. The molecule has 0 bridgehead atoms. The van der Waals surface area contributed by atoms with E-state index in [1.54, 1.807) is 10.6 Å². The lowest BCUT2D eigenvalue weighted by molar-refractivity contribution is 0.219. The summed E-state index contributed by atoms with van der Waals surface area (Å²) < 4.78 is 6.76.